The molecule has 0 aromatic heterocycles. The number of rotatable bonds is 11. The number of nitro groups is 1. The molecule has 2 aromatic rings. The van der Waals surface area contributed by atoms with Gasteiger partial charge in [-0.2, -0.15) is 0 Å². The van der Waals surface area contributed by atoms with Crippen molar-refractivity contribution in [3.05, 3.63) is 69.3 Å². The molecule has 0 atom stereocenters. The first-order valence-electron chi connectivity index (χ1n) is 10.1. The number of aryl methyl sites for hydroxylation is 1. The van der Waals surface area contributed by atoms with Crippen molar-refractivity contribution < 1.29 is 14.4 Å². The summed E-state index contributed by atoms with van der Waals surface area (Å²) in [6.45, 7) is 8.99. The van der Waals surface area contributed by atoms with Gasteiger partial charge in [-0.25, -0.2) is 4.99 Å². The second kappa shape index (κ2) is 14.6. The van der Waals surface area contributed by atoms with E-state index in [-0.39, 0.29) is 34.6 Å². The third kappa shape index (κ3) is 9.09. The molecule has 0 amide bonds. The SMILES string of the molecule is CCNC(=NCc1ccc(C)cc1OCCOCC)NCc1ccccc1[N+](=O)[O-].I. The van der Waals surface area contributed by atoms with E-state index in [1.54, 1.807) is 18.2 Å². The van der Waals surface area contributed by atoms with Gasteiger partial charge in [0.1, 0.15) is 12.4 Å². The maximum atomic E-state index is 11.2. The predicted molar refractivity (Wildman–Crippen MR) is 133 cm³/mol. The summed E-state index contributed by atoms with van der Waals surface area (Å²) in [5, 5.41) is 17.5. The maximum Gasteiger partial charge on any atom is 0.274 e. The number of hydrogen-bond acceptors (Lipinski definition) is 5. The second-order valence-electron chi connectivity index (χ2n) is 6.59. The lowest BCUT2D eigenvalue weighted by Crippen LogP contribution is -2.36. The summed E-state index contributed by atoms with van der Waals surface area (Å²) in [6.07, 6.45) is 0. The highest BCUT2D eigenvalue weighted by molar-refractivity contribution is 14.0. The summed E-state index contributed by atoms with van der Waals surface area (Å²) >= 11 is 0. The fraction of sp³-hybridized carbons (Fsp3) is 0.409. The molecule has 0 heterocycles. The molecule has 0 fully saturated rings. The number of para-hydroxylation sites is 1. The topological polar surface area (TPSA) is 98.0 Å². The minimum absolute atomic E-state index is 0. The number of nitrogens with zero attached hydrogens (tertiary/aromatic N) is 2. The van der Waals surface area contributed by atoms with Crippen molar-refractivity contribution in [3.63, 3.8) is 0 Å². The van der Waals surface area contributed by atoms with Gasteiger partial charge in [-0.1, -0.05) is 30.3 Å². The fourth-order valence-corrected chi connectivity index (χ4v) is 2.80. The zero-order chi connectivity index (χ0) is 21.8. The summed E-state index contributed by atoms with van der Waals surface area (Å²) in [5.74, 6) is 1.37. The van der Waals surface area contributed by atoms with Gasteiger partial charge in [0.25, 0.3) is 5.69 Å². The van der Waals surface area contributed by atoms with E-state index in [4.69, 9.17) is 9.47 Å². The molecule has 0 aliphatic rings. The van der Waals surface area contributed by atoms with Gasteiger partial charge in [-0.05, 0) is 32.4 Å². The van der Waals surface area contributed by atoms with Gasteiger partial charge < -0.3 is 20.1 Å². The van der Waals surface area contributed by atoms with Crippen LogP contribution >= 0.6 is 24.0 Å². The fourth-order valence-electron chi connectivity index (χ4n) is 2.80. The Labute approximate surface area is 200 Å². The molecule has 2 N–H and O–H groups in total. The van der Waals surface area contributed by atoms with E-state index < -0.39 is 0 Å². The molecule has 0 spiro atoms. The van der Waals surface area contributed by atoms with E-state index >= 15 is 0 Å². The third-order valence-corrected chi connectivity index (χ3v) is 4.30. The third-order valence-electron chi connectivity index (χ3n) is 4.30. The molecule has 0 radical (unpaired) electrons. The molecule has 0 bridgehead atoms. The first kappa shape index (κ1) is 26.6. The molecule has 8 nitrogen and oxygen atoms in total. The molecule has 9 heteroatoms. The first-order chi connectivity index (χ1) is 14.5. The predicted octanol–water partition coefficient (Wildman–Crippen LogP) is 4.19. The average molecular weight is 542 g/mol. The van der Waals surface area contributed by atoms with Gasteiger partial charge in [-0.15, -0.1) is 24.0 Å². The smallest absolute Gasteiger partial charge is 0.274 e. The molecule has 0 aliphatic heterocycles. The zero-order valence-electron chi connectivity index (χ0n) is 18.2. The second-order valence-corrected chi connectivity index (χ2v) is 6.59. The number of aliphatic imine (C=N–C) groups is 1. The van der Waals surface area contributed by atoms with Crippen LogP contribution in [0.3, 0.4) is 0 Å². The van der Waals surface area contributed by atoms with Crippen molar-refractivity contribution in [2.45, 2.75) is 33.9 Å². The quantitative estimate of drug-likeness (QED) is 0.110. The van der Waals surface area contributed by atoms with Crippen LogP contribution in [-0.2, 0) is 17.8 Å². The van der Waals surface area contributed by atoms with Crippen molar-refractivity contribution >= 4 is 35.6 Å². The van der Waals surface area contributed by atoms with Gasteiger partial charge >= 0.3 is 0 Å². The van der Waals surface area contributed by atoms with Crippen LogP contribution in [0.25, 0.3) is 0 Å². The largest absolute Gasteiger partial charge is 0.491 e. The molecule has 2 aromatic carbocycles. The highest BCUT2D eigenvalue weighted by atomic mass is 127. The number of nitrogens with one attached hydrogen (secondary N) is 2. The maximum absolute atomic E-state index is 11.2. The number of ether oxygens (including phenoxy) is 2. The van der Waals surface area contributed by atoms with E-state index in [1.165, 1.54) is 6.07 Å². The van der Waals surface area contributed by atoms with Crippen LogP contribution in [0.5, 0.6) is 5.75 Å². The number of benzene rings is 2. The minimum Gasteiger partial charge on any atom is -0.491 e. The molecule has 0 aliphatic carbocycles. The van der Waals surface area contributed by atoms with Crippen LogP contribution in [0.4, 0.5) is 5.69 Å². The van der Waals surface area contributed by atoms with Crippen molar-refractivity contribution in [3.8, 4) is 5.75 Å². The Morgan fingerprint density at radius 2 is 1.87 bits per heavy atom. The van der Waals surface area contributed by atoms with Crippen LogP contribution in [-0.4, -0.2) is 37.2 Å². The monoisotopic (exact) mass is 542 g/mol. The first-order valence-corrected chi connectivity index (χ1v) is 10.1. The lowest BCUT2D eigenvalue weighted by atomic mass is 10.1. The lowest BCUT2D eigenvalue weighted by Gasteiger charge is -2.14. The molecule has 31 heavy (non-hydrogen) atoms. The summed E-state index contributed by atoms with van der Waals surface area (Å²) in [7, 11) is 0. The van der Waals surface area contributed by atoms with Crippen LogP contribution in [0.15, 0.2) is 47.5 Å². The van der Waals surface area contributed by atoms with Crippen LogP contribution < -0.4 is 15.4 Å². The zero-order valence-corrected chi connectivity index (χ0v) is 20.6. The Morgan fingerprint density at radius 1 is 1.10 bits per heavy atom. The van der Waals surface area contributed by atoms with Gasteiger partial charge in [0.2, 0.25) is 0 Å². The summed E-state index contributed by atoms with van der Waals surface area (Å²) < 4.78 is 11.2. The van der Waals surface area contributed by atoms with Crippen LogP contribution in [0.1, 0.15) is 30.5 Å². The van der Waals surface area contributed by atoms with Gasteiger partial charge in [0.05, 0.1) is 18.1 Å². The van der Waals surface area contributed by atoms with Gasteiger partial charge in [-0.3, -0.25) is 10.1 Å². The van der Waals surface area contributed by atoms with E-state index in [9.17, 15) is 10.1 Å². The minimum atomic E-state index is -0.376. The highest BCUT2D eigenvalue weighted by Gasteiger charge is 2.12. The Kier molecular flexibility index (Phi) is 12.5. The van der Waals surface area contributed by atoms with Crippen molar-refractivity contribution in [1.29, 1.82) is 0 Å². The normalized spacial score (nSPS) is 10.9. The Bertz CT molecular complexity index is 861. The molecule has 170 valence electrons. The Hall–Kier alpha value is -2.40. The van der Waals surface area contributed by atoms with Gasteiger partial charge in [0, 0.05) is 36.9 Å². The molecule has 0 saturated heterocycles. The molecule has 0 saturated carbocycles. The van der Waals surface area contributed by atoms with Crippen LogP contribution in [0.2, 0.25) is 0 Å². The highest BCUT2D eigenvalue weighted by Crippen LogP contribution is 2.21. The van der Waals surface area contributed by atoms with E-state index in [2.05, 4.69) is 15.6 Å². The van der Waals surface area contributed by atoms with Crippen molar-refractivity contribution in [2.75, 3.05) is 26.4 Å². The van der Waals surface area contributed by atoms with Gasteiger partial charge in [0.15, 0.2) is 5.96 Å². The number of nitro benzene ring substituents is 1. The summed E-state index contributed by atoms with van der Waals surface area (Å²) in [5.41, 5.74) is 2.75. The van der Waals surface area contributed by atoms with E-state index in [0.717, 1.165) is 16.9 Å². The molecule has 2 rings (SSSR count). The number of guanidine groups is 1. The Balaban J connectivity index is 0.00000480. The number of halogens is 1. The molecular weight excluding hydrogens is 511 g/mol. The van der Waals surface area contributed by atoms with E-state index in [1.807, 2.05) is 39.0 Å². The average Bonchev–Trinajstić information content (AvgIpc) is 2.74. The summed E-state index contributed by atoms with van der Waals surface area (Å²) in [6, 6.07) is 12.7. The lowest BCUT2D eigenvalue weighted by molar-refractivity contribution is -0.385. The van der Waals surface area contributed by atoms with Crippen molar-refractivity contribution in [1.82, 2.24) is 10.6 Å². The standard InChI is InChI=1S/C22H30N4O4.HI/c1-4-23-22(24-15-18-8-6-7-9-20(18)26(27)28)25-16-19-11-10-17(3)14-21(19)30-13-12-29-5-2;/h6-11,14H,4-5,12-13,15-16H2,1-3H3,(H2,23,24,25);1H. The number of hydrogen-bond donors (Lipinski definition) is 2. The summed E-state index contributed by atoms with van der Waals surface area (Å²) in [4.78, 5) is 15.4. The molecular formula is C22H31IN4O4. The van der Waals surface area contributed by atoms with Crippen molar-refractivity contribution in [2.24, 2.45) is 4.99 Å². The van der Waals surface area contributed by atoms with E-state index in [0.29, 0.717) is 51.0 Å². The van der Waals surface area contributed by atoms with Crippen LogP contribution in [0, 0.1) is 17.0 Å². The Morgan fingerprint density at radius 3 is 2.58 bits per heavy atom. The molecule has 0 unspecified atom stereocenters.